The van der Waals surface area contributed by atoms with E-state index in [-0.39, 0.29) is 77.3 Å². The molecular weight excluding hydrogens is 552 g/mol. The first-order chi connectivity index (χ1) is 19.0. The van der Waals surface area contributed by atoms with Gasteiger partial charge < -0.3 is 19.4 Å². The summed E-state index contributed by atoms with van der Waals surface area (Å²) in [6.45, 7) is 0.227. The van der Waals surface area contributed by atoms with E-state index in [0.29, 0.717) is 20.3 Å². The molecule has 0 radical (unpaired) electrons. The summed E-state index contributed by atoms with van der Waals surface area (Å²) in [4.78, 5) is 140. The van der Waals surface area contributed by atoms with Gasteiger partial charge in [0.15, 0.2) is 0 Å². The molecule has 4 heterocycles. The lowest BCUT2D eigenvalue weighted by molar-refractivity contribution is -0.188. The van der Waals surface area contributed by atoms with Gasteiger partial charge in [0.05, 0.1) is 0 Å². The molecule has 4 rings (SSSR count). The number of carbonyl (C=O) groups excluding carboxylic acids is 12. The summed E-state index contributed by atoms with van der Waals surface area (Å²) in [6.07, 6.45) is 1.05. The lowest BCUT2D eigenvalue weighted by Crippen LogP contribution is -2.28. The van der Waals surface area contributed by atoms with Crippen molar-refractivity contribution < 1.29 is 76.9 Å². The third-order valence-electron chi connectivity index (χ3n) is 4.62. The summed E-state index contributed by atoms with van der Waals surface area (Å²) in [7, 11) is 0. The van der Waals surface area contributed by atoms with Crippen LogP contribution in [0.2, 0.25) is 0 Å². The number of amides is 8. The molecule has 0 aromatic heterocycles. The minimum absolute atomic E-state index is 0.0567. The van der Waals surface area contributed by atoms with Gasteiger partial charge in [-0.2, -0.15) is 0 Å². The first-order valence-electron chi connectivity index (χ1n) is 10.9. The molecule has 4 aliphatic heterocycles. The Bertz CT molecular complexity index is 856. The van der Waals surface area contributed by atoms with E-state index in [1.54, 1.807) is 0 Å². The highest BCUT2D eigenvalue weighted by Gasteiger charge is 2.32. The fourth-order valence-corrected chi connectivity index (χ4v) is 2.87. The second-order valence-corrected chi connectivity index (χ2v) is 7.13. The van der Waals surface area contributed by atoms with Gasteiger partial charge in [0.25, 0.3) is 47.3 Å². The van der Waals surface area contributed by atoms with E-state index in [1.807, 2.05) is 0 Å². The highest BCUT2D eigenvalue weighted by Crippen LogP contribution is 2.12. The maximum atomic E-state index is 10.6. The summed E-state index contributed by atoms with van der Waals surface area (Å²) in [6, 6.07) is 0. The molecule has 4 aliphatic rings. The van der Waals surface area contributed by atoms with Crippen molar-refractivity contribution in [2.75, 3.05) is 0 Å². The molecule has 4 fully saturated rings. The summed E-state index contributed by atoms with van der Waals surface area (Å²) >= 11 is 0. The molecule has 20 nitrogen and oxygen atoms in total. The second-order valence-electron chi connectivity index (χ2n) is 7.13. The van der Waals surface area contributed by atoms with Gasteiger partial charge in [-0.15, -0.1) is 20.3 Å². The number of nitrogens with zero attached hydrogens (tertiary/aromatic N) is 4. The summed E-state index contributed by atoms with van der Waals surface area (Å²) in [5, 5.41) is 1.92. The molecule has 0 N–H and O–H groups in total. The normalized spacial score (nSPS) is 17.8. The van der Waals surface area contributed by atoms with E-state index in [2.05, 4.69) is 19.4 Å². The summed E-state index contributed by atoms with van der Waals surface area (Å²) in [5.74, 6) is -3.69. The molecular formula is C20H20N4O16. The highest BCUT2D eigenvalue weighted by atomic mass is 16.7. The van der Waals surface area contributed by atoms with Gasteiger partial charge in [-0.1, -0.05) is 0 Å². The van der Waals surface area contributed by atoms with Gasteiger partial charge in [-0.3, -0.25) is 57.5 Å². The fourth-order valence-electron chi connectivity index (χ4n) is 2.87. The van der Waals surface area contributed by atoms with Crippen LogP contribution in [0.15, 0.2) is 0 Å². The number of rotatable bonds is 8. The van der Waals surface area contributed by atoms with Crippen LogP contribution in [0.4, 0.5) is 0 Å². The molecule has 0 aromatic rings. The van der Waals surface area contributed by atoms with E-state index >= 15 is 0 Å². The quantitative estimate of drug-likeness (QED) is 0.206. The van der Waals surface area contributed by atoms with Crippen LogP contribution in [-0.4, -0.2) is 93.4 Å². The Morgan fingerprint density at radius 2 is 0.450 bits per heavy atom. The molecule has 0 unspecified atom stereocenters. The van der Waals surface area contributed by atoms with Crippen molar-refractivity contribution in [2.24, 2.45) is 0 Å². The van der Waals surface area contributed by atoms with Crippen molar-refractivity contribution >= 4 is 73.1 Å². The fraction of sp³-hybridized carbons (Fsp3) is 0.400. The van der Waals surface area contributed by atoms with E-state index in [0.717, 1.165) is 0 Å². The SMILES string of the molecule is O=CON1C(=O)CCC1=O.O=CON1C(=O)CCC1=O.O=CON1C(=O)CCC1=O.O=CON1C(=O)CCC1=O. The predicted octanol–water partition coefficient (Wildman–Crippen LogP) is -3.11. The Morgan fingerprint density at radius 1 is 0.325 bits per heavy atom. The standard InChI is InChI=1S/4C5H5NO4/c4*7-3-10-6-4(8)1-2-5(6)9/h4*3H,1-2H2. The van der Waals surface area contributed by atoms with Crippen LogP contribution in [0.1, 0.15) is 51.4 Å². The van der Waals surface area contributed by atoms with Crippen LogP contribution in [-0.2, 0) is 76.9 Å². The Balaban J connectivity index is 0.000000267. The van der Waals surface area contributed by atoms with Gasteiger partial charge in [-0.05, 0) is 0 Å². The average molecular weight is 572 g/mol. The lowest BCUT2D eigenvalue weighted by Gasteiger charge is -2.06. The van der Waals surface area contributed by atoms with Crippen molar-refractivity contribution in [3.8, 4) is 0 Å². The maximum Gasteiger partial charge on any atom is 0.321 e. The molecule has 0 aromatic carbocycles. The van der Waals surface area contributed by atoms with E-state index in [4.69, 9.17) is 0 Å². The van der Waals surface area contributed by atoms with Crippen LogP contribution < -0.4 is 0 Å². The van der Waals surface area contributed by atoms with Crippen LogP contribution in [0, 0.1) is 0 Å². The number of hydrogen-bond acceptors (Lipinski definition) is 16. The molecule has 40 heavy (non-hydrogen) atoms. The largest absolute Gasteiger partial charge is 0.334 e. The van der Waals surface area contributed by atoms with E-state index in [1.165, 1.54) is 0 Å². The van der Waals surface area contributed by atoms with Crippen molar-refractivity contribution in [2.45, 2.75) is 51.4 Å². The number of hydrogen-bond donors (Lipinski definition) is 0. The predicted molar refractivity (Wildman–Crippen MR) is 113 cm³/mol. The molecule has 8 amide bonds. The Hall–Kier alpha value is -5.56. The molecule has 4 saturated heterocycles. The van der Waals surface area contributed by atoms with Crippen LogP contribution in [0.3, 0.4) is 0 Å². The molecule has 0 aliphatic carbocycles. The summed E-state index contributed by atoms with van der Waals surface area (Å²) in [5.41, 5.74) is 0. The minimum atomic E-state index is -0.461. The van der Waals surface area contributed by atoms with Crippen molar-refractivity contribution in [1.29, 1.82) is 0 Å². The maximum absolute atomic E-state index is 10.6. The van der Waals surface area contributed by atoms with Gasteiger partial charge in [0.2, 0.25) is 0 Å². The van der Waals surface area contributed by atoms with Crippen LogP contribution in [0.25, 0.3) is 0 Å². The zero-order chi connectivity index (χ0) is 30.2. The van der Waals surface area contributed by atoms with Crippen LogP contribution in [0.5, 0.6) is 0 Å². The van der Waals surface area contributed by atoms with Crippen molar-refractivity contribution in [3.05, 3.63) is 0 Å². The van der Waals surface area contributed by atoms with E-state index < -0.39 is 47.3 Å². The smallest absolute Gasteiger partial charge is 0.321 e. The Labute approximate surface area is 222 Å². The summed E-state index contributed by atoms with van der Waals surface area (Å²) < 4.78 is 0. The van der Waals surface area contributed by atoms with Gasteiger partial charge in [0, 0.05) is 51.4 Å². The molecule has 0 bridgehead atoms. The van der Waals surface area contributed by atoms with Crippen molar-refractivity contribution in [3.63, 3.8) is 0 Å². The second kappa shape index (κ2) is 16.3. The zero-order valence-electron chi connectivity index (χ0n) is 20.3. The minimum Gasteiger partial charge on any atom is -0.334 e. The molecule has 0 atom stereocenters. The number of imide groups is 4. The topological polar surface area (TPSA) is 255 Å². The Morgan fingerprint density at radius 3 is 0.550 bits per heavy atom. The van der Waals surface area contributed by atoms with Gasteiger partial charge in [0.1, 0.15) is 0 Å². The molecule has 0 spiro atoms. The zero-order valence-corrected chi connectivity index (χ0v) is 20.3. The Kier molecular flexibility index (Phi) is 13.2. The number of hydroxylamine groups is 8. The third-order valence-corrected chi connectivity index (χ3v) is 4.62. The first-order valence-corrected chi connectivity index (χ1v) is 10.9. The monoisotopic (exact) mass is 572 g/mol. The third kappa shape index (κ3) is 9.39. The first kappa shape index (κ1) is 32.5. The average Bonchev–Trinajstić information content (AvgIpc) is 3.63. The van der Waals surface area contributed by atoms with Crippen LogP contribution >= 0.6 is 0 Å². The molecule has 20 heteroatoms. The molecule has 0 saturated carbocycles. The van der Waals surface area contributed by atoms with Gasteiger partial charge >= 0.3 is 25.9 Å². The highest BCUT2D eigenvalue weighted by molar-refractivity contribution is 6.02. The lowest BCUT2D eigenvalue weighted by atomic mass is 10.4. The van der Waals surface area contributed by atoms with Crippen molar-refractivity contribution in [1.82, 2.24) is 20.3 Å². The molecule has 216 valence electrons. The van der Waals surface area contributed by atoms with E-state index in [9.17, 15) is 57.5 Å². The van der Waals surface area contributed by atoms with Gasteiger partial charge in [-0.25, -0.2) is 0 Å². The number of carbonyl (C=O) groups is 12.